The Kier molecular flexibility index (Phi) is 5.85. The van der Waals surface area contributed by atoms with Gasteiger partial charge in [-0.3, -0.25) is 20.2 Å². The predicted octanol–water partition coefficient (Wildman–Crippen LogP) is 2.37. The van der Waals surface area contributed by atoms with Gasteiger partial charge in [-0.2, -0.15) is 0 Å². The van der Waals surface area contributed by atoms with Crippen molar-refractivity contribution in [2.75, 3.05) is 6.61 Å². The zero-order valence-corrected chi connectivity index (χ0v) is 13.6. The van der Waals surface area contributed by atoms with Crippen LogP contribution in [0.4, 0.5) is 10.5 Å². The summed E-state index contributed by atoms with van der Waals surface area (Å²) in [4.78, 5) is 34.4. The van der Waals surface area contributed by atoms with Gasteiger partial charge in [-0.05, 0) is 30.5 Å². The highest BCUT2D eigenvalue weighted by molar-refractivity contribution is 7.09. The Labute approximate surface area is 141 Å². The van der Waals surface area contributed by atoms with Gasteiger partial charge in [-0.25, -0.2) is 4.79 Å². The number of hydrogen-bond donors (Lipinski definition) is 2. The normalized spacial score (nSPS) is 10.0. The van der Waals surface area contributed by atoms with Crippen LogP contribution in [0.5, 0.6) is 5.75 Å². The second-order valence-electron chi connectivity index (χ2n) is 4.80. The van der Waals surface area contributed by atoms with E-state index in [4.69, 9.17) is 4.74 Å². The lowest BCUT2D eigenvalue weighted by molar-refractivity contribution is -0.385. The number of carbonyl (C=O) groups is 2. The Morgan fingerprint density at radius 1 is 1.33 bits per heavy atom. The highest BCUT2D eigenvalue weighted by atomic mass is 32.1. The van der Waals surface area contributed by atoms with Gasteiger partial charge in [-0.15, -0.1) is 11.3 Å². The molecule has 0 unspecified atom stereocenters. The molecule has 1 aromatic carbocycles. The number of ether oxygens (including phenoxy) is 1. The van der Waals surface area contributed by atoms with Crippen LogP contribution in [0.15, 0.2) is 35.7 Å². The van der Waals surface area contributed by atoms with Crippen molar-refractivity contribution in [2.24, 2.45) is 0 Å². The first-order valence-electron chi connectivity index (χ1n) is 6.93. The molecule has 3 amide bonds. The zero-order chi connectivity index (χ0) is 17.5. The second kappa shape index (κ2) is 8.06. The molecule has 0 saturated heterocycles. The number of nitrogens with zero attached hydrogens (tertiary/aromatic N) is 1. The SMILES string of the molecule is Cc1cc(OCC(=O)NC(=O)NCc2cccs2)ccc1[N+](=O)[O-]. The Hall–Kier alpha value is -2.94. The van der Waals surface area contributed by atoms with Gasteiger partial charge in [0.1, 0.15) is 5.75 Å². The maximum absolute atomic E-state index is 11.6. The summed E-state index contributed by atoms with van der Waals surface area (Å²) in [5.41, 5.74) is 0.395. The smallest absolute Gasteiger partial charge is 0.321 e. The van der Waals surface area contributed by atoms with E-state index < -0.39 is 16.9 Å². The minimum atomic E-state index is -0.616. The van der Waals surface area contributed by atoms with Gasteiger partial charge in [0.25, 0.3) is 11.6 Å². The number of aryl methyl sites for hydroxylation is 1. The van der Waals surface area contributed by atoms with Crippen molar-refractivity contribution in [1.82, 2.24) is 10.6 Å². The topological polar surface area (TPSA) is 111 Å². The minimum absolute atomic E-state index is 0.0280. The summed E-state index contributed by atoms with van der Waals surface area (Å²) in [5.74, 6) is -0.304. The average molecular weight is 349 g/mol. The quantitative estimate of drug-likeness (QED) is 0.614. The third-order valence-electron chi connectivity index (χ3n) is 2.99. The molecular formula is C15H15N3O5S. The van der Waals surface area contributed by atoms with Gasteiger partial charge in [0.15, 0.2) is 6.61 Å². The van der Waals surface area contributed by atoms with Crippen LogP contribution in [0.25, 0.3) is 0 Å². The number of nitrogens with one attached hydrogen (secondary N) is 2. The molecule has 0 spiro atoms. The van der Waals surface area contributed by atoms with Gasteiger partial charge in [0, 0.05) is 16.5 Å². The van der Waals surface area contributed by atoms with Crippen molar-refractivity contribution in [3.63, 3.8) is 0 Å². The van der Waals surface area contributed by atoms with Crippen molar-refractivity contribution in [3.05, 3.63) is 56.3 Å². The molecule has 0 bridgehead atoms. The molecular weight excluding hydrogens is 334 g/mol. The van der Waals surface area contributed by atoms with E-state index in [9.17, 15) is 19.7 Å². The van der Waals surface area contributed by atoms with Gasteiger partial charge in [0.2, 0.25) is 0 Å². The number of urea groups is 1. The highest BCUT2D eigenvalue weighted by Gasteiger charge is 2.12. The van der Waals surface area contributed by atoms with E-state index in [0.29, 0.717) is 17.9 Å². The lowest BCUT2D eigenvalue weighted by Gasteiger charge is -2.08. The monoisotopic (exact) mass is 349 g/mol. The molecule has 9 heteroatoms. The van der Waals surface area contributed by atoms with Gasteiger partial charge >= 0.3 is 6.03 Å². The molecule has 2 N–H and O–H groups in total. The van der Waals surface area contributed by atoms with Crippen molar-refractivity contribution in [3.8, 4) is 5.75 Å². The average Bonchev–Trinajstić information content (AvgIpc) is 3.04. The van der Waals surface area contributed by atoms with Crippen molar-refractivity contribution >= 4 is 29.0 Å². The lowest BCUT2D eigenvalue weighted by atomic mass is 10.2. The third kappa shape index (κ3) is 5.06. The van der Waals surface area contributed by atoms with E-state index >= 15 is 0 Å². The first-order valence-corrected chi connectivity index (χ1v) is 7.81. The van der Waals surface area contributed by atoms with E-state index in [1.807, 2.05) is 17.5 Å². The molecule has 24 heavy (non-hydrogen) atoms. The van der Waals surface area contributed by atoms with Crippen LogP contribution >= 0.6 is 11.3 Å². The number of imide groups is 1. The van der Waals surface area contributed by atoms with E-state index in [1.54, 1.807) is 6.92 Å². The predicted molar refractivity (Wildman–Crippen MR) is 88.0 cm³/mol. The molecule has 8 nitrogen and oxygen atoms in total. The maximum Gasteiger partial charge on any atom is 0.321 e. The standard InChI is InChI=1S/C15H15N3O5S/c1-10-7-11(4-5-13(10)18(21)22)23-9-14(19)17-15(20)16-8-12-3-2-6-24-12/h2-7H,8-9H2,1H3,(H2,16,17,19,20). The molecule has 2 aromatic rings. The number of amides is 3. The molecule has 0 aliphatic carbocycles. The third-order valence-corrected chi connectivity index (χ3v) is 3.87. The fourth-order valence-corrected chi connectivity index (χ4v) is 2.50. The second-order valence-corrected chi connectivity index (χ2v) is 5.84. The Morgan fingerprint density at radius 3 is 2.75 bits per heavy atom. The largest absolute Gasteiger partial charge is 0.484 e. The van der Waals surface area contributed by atoms with E-state index in [1.165, 1.54) is 29.5 Å². The molecule has 1 heterocycles. The molecule has 0 fully saturated rings. The summed E-state index contributed by atoms with van der Waals surface area (Å²) in [5, 5.41) is 17.3. The Balaban J connectivity index is 1.77. The van der Waals surface area contributed by atoms with Crippen LogP contribution < -0.4 is 15.4 Å². The molecule has 2 rings (SSSR count). The molecule has 0 saturated carbocycles. The van der Waals surface area contributed by atoms with E-state index in [-0.39, 0.29) is 12.3 Å². The molecule has 0 aliphatic heterocycles. The summed E-state index contributed by atoms with van der Waals surface area (Å²) >= 11 is 1.50. The van der Waals surface area contributed by atoms with Crippen molar-refractivity contribution in [1.29, 1.82) is 0 Å². The van der Waals surface area contributed by atoms with E-state index in [0.717, 1.165) is 4.88 Å². The number of rotatable bonds is 6. The summed E-state index contributed by atoms with van der Waals surface area (Å²) in [6.07, 6.45) is 0. The van der Waals surface area contributed by atoms with Crippen LogP contribution in [-0.4, -0.2) is 23.5 Å². The van der Waals surface area contributed by atoms with Crippen LogP contribution in [0.3, 0.4) is 0 Å². The van der Waals surface area contributed by atoms with E-state index in [2.05, 4.69) is 10.6 Å². The van der Waals surface area contributed by atoms with Crippen LogP contribution in [0, 0.1) is 17.0 Å². The van der Waals surface area contributed by atoms with Crippen LogP contribution in [-0.2, 0) is 11.3 Å². The van der Waals surface area contributed by atoms with Crippen molar-refractivity contribution < 1.29 is 19.2 Å². The number of hydrogen-bond acceptors (Lipinski definition) is 6. The number of nitro benzene ring substituents is 1. The fraction of sp³-hybridized carbons (Fsp3) is 0.200. The Morgan fingerprint density at radius 2 is 2.12 bits per heavy atom. The van der Waals surface area contributed by atoms with Gasteiger partial charge in [0.05, 0.1) is 11.5 Å². The fourth-order valence-electron chi connectivity index (χ4n) is 1.86. The number of carbonyl (C=O) groups excluding carboxylic acids is 2. The Bertz CT molecular complexity index is 746. The molecule has 0 radical (unpaired) electrons. The first-order chi connectivity index (χ1) is 11.5. The summed E-state index contributed by atoms with van der Waals surface area (Å²) in [7, 11) is 0. The lowest BCUT2D eigenvalue weighted by Crippen LogP contribution is -2.41. The van der Waals surface area contributed by atoms with Crippen molar-refractivity contribution in [2.45, 2.75) is 13.5 Å². The molecule has 0 aliphatic rings. The number of thiophene rings is 1. The number of benzene rings is 1. The molecule has 0 atom stereocenters. The zero-order valence-electron chi connectivity index (χ0n) is 12.8. The number of nitro groups is 1. The first kappa shape index (κ1) is 17.4. The molecule has 1 aromatic heterocycles. The van der Waals surface area contributed by atoms with Gasteiger partial charge < -0.3 is 10.1 Å². The maximum atomic E-state index is 11.6. The summed E-state index contributed by atoms with van der Waals surface area (Å²) in [6.45, 7) is 1.53. The molecule has 126 valence electrons. The summed E-state index contributed by atoms with van der Waals surface area (Å²) in [6, 6.07) is 7.28. The summed E-state index contributed by atoms with van der Waals surface area (Å²) < 4.78 is 5.22. The highest BCUT2D eigenvalue weighted by Crippen LogP contribution is 2.22. The van der Waals surface area contributed by atoms with Crippen LogP contribution in [0.1, 0.15) is 10.4 Å². The van der Waals surface area contributed by atoms with Crippen LogP contribution in [0.2, 0.25) is 0 Å². The minimum Gasteiger partial charge on any atom is -0.484 e. The van der Waals surface area contributed by atoms with Gasteiger partial charge in [-0.1, -0.05) is 6.07 Å².